The topological polar surface area (TPSA) is 39.1 Å². The van der Waals surface area contributed by atoms with Gasteiger partial charge in [-0.15, -0.1) is 0 Å². The molecule has 0 saturated heterocycles. The van der Waals surface area contributed by atoms with Crippen molar-refractivity contribution in [1.82, 2.24) is 15.1 Å². The van der Waals surface area contributed by atoms with Gasteiger partial charge in [-0.25, -0.2) is 0 Å². The lowest BCUT2D eigenvalue weighted by atomic mass is 10.1. The number of aromatic nitrogens is 2. The third-order valence-corrected chi connectivity index (χ3v) is 3.19. The fraction of sp³-hybridized carbons (Fsp3) is 0.438. The van der Waals surface area contributed by atoms with Gasteiger partial charge in [0.15, 0.2) is 0 Å². The molecule has 1 atom stereocenters. The summed E-state index contributed by atoms with van der Waals surface area (Å²) in [5, 5.41) is 7.98. The van der Waals surface area contributed by atoms with Crippen LogP contribution in [0.4, 0.5) is 0 Å². The highest BCUT2D eigenvalue weighted by Crippen LogP contribution is 2.26. The maximum absolute atomic E-state index is 5.74. The van der Waals surface area contributed by atoms with Crippen molar-refractivity contribution < 1.29 is 4.74 Å². The lowest BCUT2D eigenvalue weighted by Gasteiger charge is -2.21. The molecule has 0 bridgehead atoms. The van der Waals surface area contributed by atoms with Crippen molar-refractivity contribution in [2.45, 2.75) is 33.4 Å². The zero-order valence-electron chi connectivity index (χ0n) is 12.5. The number of para-hydroxylation sites is 1. The third kappa shape index (κ3) is 3.61. The Balaban J connectivity index is 2.23. The predicted octanol–water partition coefficient (Wildman–Crippen LogP) is 2.94. The SMILES string of the molecule is CCNC(Cn1ccc(C)n1)c1ccccc1OCC. The fourth-order valence-corrected chi connectivity index (χ4v) is 2.33. The molecule has 1 unspecified atom stereocenters. The quantitative estimate of drug-likeness (QED) is 0.843. The standard InChI is InChI=1S/C16H23N3O/c1-4-17-15(12-19-11-10-13(3)18-19)14-8-6-7-9-16(14)20-5-2/h6-11,15,17H,4-5,12H2,1-3H3. The number of ether oxygens (including phenoxy) is 1. The molecule has 0 aliphatic rings. The molecule has 4 nitrogen and oxygen atoms in total. The van der Waals surface area contributed by atoms with Gasteiger partial charge in [0.1, 0.15) is 5.75 Å². The molecule has 0 saturated carbocycles. The minimum atomic E-state index is 0.196. The van der Waals surface area contributed by atoms with E-state index in [0.717, 1.165) is 24.5 Å². The molecule has 1 aromatic heterocycles. The first-order chi connectivity index (χ1) is 9.74. The van der Waals surface area contributed by atoms with Crippen LogP contribution in [0.3, 0.4) is 0 Å². The smallest absolute Gasteiger partial charge is 0.124 e. The molecule has 1 heterocycles. The highest BCUT2D eigenvalue weighted by molar-refractivity contribution is 5.36. The molecule has 1 aromatic carbocycles. The summed E-state index contributed by atoms with van der Waals surface area (Å²) in [4.78, 5) is 0. The van der Waals surface area contributed by atoms with E-state index in [1.165, 1.54) is 5.56 Å². The highest BCUT2D eigenvalue weighted by Gasteiger charge is 2.16. The van der Waals surface area contributed by atoms with Crippen molar-refractivity contribution >= 4 is 0 Å². The lowest BCUT2D eigenvalue weighted by Crippen LogP contribution is -2.26. The predicted molar refractivity (Wildman–Crippen MR) is 81.0 cm³/mol. The minimum absolute atomic E-state index is 0.196. The second kappa shape index (κ2) is 7.10. The van der Waals surface area contributed by atoms with Crippen molar-refractivity contribution in [1.29, 1.82) is 0 Å². The van der Waals surface area contributed by atoms with E-state index in [2.05, 4.69) is 29.5 Å². The van der Waals surface area contributed by atoms with Crippen LogP contribution in [-0.4, -0.2) is 22.9 Å². The van der Waals surface area contributed by atoms with Crippen LogP contribution in [0.1, 0.15) is 31.1 Å². The maximum Gasteiger partial charge on any atom is 0.124 e. The number of benzene rings is 1. The molecule has 2 rings (SSSR count). The number of aryl methyl sites for hydroxylation is 1. The second-order valence-corrected chi connectivity index (χ2v) is 4.76. The molecule has 1 N–H and O–H groups in total. The Morgan fingerprint density at radius 1 is 1.25 bits per heavy atom. The number of nitrogens with one attached hydrogen (secondary N) is 1. The third-order valence-electron chi connectivity index (χ3n) is 3.19. The van der Waals surface area contributed by atoms with Crippen molar-refractivity contribution in [3.8, 4) is 5.75 Å². The fourth-order valence-electron chi connectivity index (χ4n) is 2.33. The first-order valence-corrected chi connectivity index (χ1v) is 7.19. The second-order valence-electron chi connectivity index (χ2n) is 4.76. The zero-order valence-corrected chi connectivity index (χ0v) is 12.5. The molecule has 0 aliphatic heterocycles. The largest absolute Gasteiger partial charge is 0.494 e. The lowest BCUT2D eigenvalue weighted by molar-refractivity contribution is 0.327. The van der Waals surface area contributed by atoms with Crippen LogP contribution in [0, 0.1) is 6.92 Å². The molecule has 0 spiro atoms. The Hall–Kier alpha value is -1.81. The first kappa shape index (κ1) is 14.6. The summed E-state index contributed by atoms with van der Waals surface area (Å²) in [6, 6.07) is 10.4. The van der Waals surface area contributed by atoms with Crippen LogP contribution in [-0.2, 0) is 6.54 Å². The van der Waals surface area contributed by atoms with E-state index < -0.39 is 0 Å². The van der Waals surface area contributed by atoms with E-state index in [-0.39, 0.29) is 6.04 Å². The molecule has 0 radical (unpaired) electrons. The van der Waals surface area contributed by atoms with E-state index in [4.69, 9.17) is 4.74 Å². The average Bonchev–Trinajstić information content (AvgIpc) is 2.85. The van der Waals surface area contributed by atoms with Crippen LogP contribution in [0.25, 0.3) is 0 Å². The summed E-state index contributed by atoms with van der Waals surface area (Å²) in [5.74, 6) is 0.949. The zero-order chi connectivity index (χ0) is 14.4. The first-order valence-electron chi connectivity index (χ1n) is 7.19. The normalized spacial score (nSPS) is 12.3. The van der Waals surface area contributed by atoms with Gasteiger partial charge in [0, 0.05) is 11.8 Å². The van der Waals surface area contributed by atoms with Crippen LogP contribution < -0.4 is 10.1 Å². The number of likely N-dealkylation sites (N-methyl/N-ethyl adjacent to an activating group) is 1. The highest BCUT2D eigenvalue weighted by atomic mass is 16.5. The molecule has 108 valence electrons. The number of hydrogen-bond acceptors (Lipinski definition) is 3. The summed E-state index contributed by atoms with van der Waals surface area (Å²) < 4.78 is 7.72. The van der Waals surface area contributed by atoms with Crippen molar-refractivity contribution in [2.24, 2.45) is 0 Å². The Labute approximate surface area is 120 Å². The molecule has 0 fully saturated rings. The van der Waals surface area contributed by atoms with Gasteiger partial charge in [-0.05, 0) is 32.5 Å². The van der Waals surface area contributed by atoms with E-state index in [1.54, 1.807) is 0 Å². The molecular formula is C16H23N3O. The van der Waals surface area contributed by atoms with Crippen LogP contribution >= 0.6 is 0 Å². The molecular weight excluding hydrogens is 250 g/mol. The van der Waals surface area contributed by atoms with E-state index in [9.17, 15) is 0 Å². The monoisotopic (exact) mass is 273 g/mol. The average molecular weight is 273 g/mol. The number of rotatable bonds is 7. The summed E-state index contributed by atoms with van der Waals surface area (Å²) in [6.07, 6.45) is 2.02. The van der Waals surface area contributed by atoms with Gasteiger partial charge in [-0.2, -0.15) is 5.10 Å². The summed E-state index contributed by atoms with van der Waals surface area (Å²) >= 11 is 0. The number of nitrogens with zero attached hydrogens (tertiary/aromatic N) is 2. The van der Waals surface area contributed by atoms with Crippen molar-refractivity contribution in [2.75, 3.05) is 13.2 Å². The van der Waals surface area contributed by atoms with Gasteiger partial charge in [0.2, 0.25) is 0 Å². The Bertz CT molecular complexity index is 536. The van der Waals surface area contributed by atoms with E-state index in [0.29, 0.717) is 6.61 Å². The van der Waals surface area contributed by atoms with Crippen molar-refractivity contribution in [3.05, 3.63) is 47.8 Å². The minimum Gasteiger partial charge on any atom is -0.494 e. The summed E-state index contributed by atoms with van der Waals surface area (Å²) in [7, 11) is 0. The van der Waals surface area contributed by atoms with Gasteiger partial charge in [-0.3, -0.25) is 4.68 Å². The molecule has 2 aromatic rings. The Kier molecular flexibility index (Phi) is 5.18. The maximum atomic E-state index is 5.74. The van der Waals surface area contributed by atoms with Crippen LogP contribution in [0.15, 0.2) is 36.5 Å². The Morgan fingerprint density at radius 2 is 2.05 bits per heavy atom. The Morgan fingerprint density at radius 3 is 2.70 bits per heavy atom. The van der Waals surface area contributed by atoms with E-state index >= 15 is 0 Å². The summed E-state index contributed by atoms with van der Waals surface area (Å²) in [6.45, 7) is 8.52. The van der Waals surface area contributed by atoms with Gasteiger partial charge < -0.3 is 10.1 Å². The molecule has 20 heavy (non-hydrogen) atoms. The van der Waals surface area contributed by atoms with Crippen LogP contribution in [0.5, 0.6) is 5.75 Å². The molecule has 0 aliphatic carbocycles. The van der Waals surface area contributed by atoms with Crippen LogP contribution in [0.2, 0.25) is 0 Å². The van der Waals surface area contributed by atoms with Gasteiger partial charge in [0.05, 0.1) is 24.9 Å². The molecule has 0 amide bonds. The summed E-state index contributed by atoms with van der Waals surface area (Å²) in [5.41, 5.74) is 2.22. The van der Waals surface area contributed by atoms with E-state index in [1.807, 2.05) is 42.9 Å². The van der Waals surface area contributed by atoms with Gasteiger partial charge in [-0.1, -0.05) is 25.1 Å². The molecule has 4 heteroatoms. The number of hydrogen-bond donors (Lipinski definition) is 1. The van der Waals surface area contributed by atoms with Gasteiger partial charge in [0.25, 0.3) is 0 Å². The van der Waals surface area contributed by atoms with Crippen molar-refractivity contribution in [3.63, 3.8) is 0 Å². The van der Waals surface area contributed by atoms with Gasteiger partial charge >= 0.3 is 0 Å².